The summed E-state index contributed by atoms with van der Waals surface area (Å²) in [5.74, 6) is 2.43. The quantitative estimate of drug-likeness (QED) is 0.477. The van der Waals surface area contributed by atoms with E-state index in [-0.39, 0.29) is 6.61 Å². The van der Waals surface area contributed by atoms with Gasteiger partial charge in [0.05, 0.1) is 13.2 Å². The molecule has 1 N–H and O–H groups in total. The van der Waals surface area contributed by atoms with Crippen LogP contribution in [-0.4, -0.2) is 37.3 Å². The second-order valence-electron chi connectivity index (χ2n) is 6.88. The Bertz CT molecular complexity index is 948. The van der Waals surface area contributed by atoms with Gasteiger partial charge in [-0.1, -0.05) is 18.2 Å². The summed E-state index contributed by atoms with van der Waals surface area (Å²) in [5.41, 5.74) is 3.19. The largest absolute Gasteiger partial charge is 0.493 e. The highest BCUT2D eigenvalue weighted by Gasteiger charge is 2.23. The van der Waals surface area contributed by atoms with Crippen molar-refractivity contribution in [3.05, 3.63) is 53.4 Å². The Labute approximate surface area is 163 Å². The predicted octanol–water partition coefficient (Wildman–Crippen LogP) is 5.01. The molecule has 0 atom stereocenters. The summed E-state index contributed by atoms with van der Waals surface area (Å²) in [5, 5.41) is 9.61. The van der Waals surface area contributed by atoms with E-state index in [9.17, 15) is 5.11 Å². The molecule has 27 heavy (non-hydrogen) atoms. The first-order valence-corrected chi connectivity index (χ1v) is 9.90. The highest BCUT2D eigenvalue weighted by atomic mass is 32.1. The van der Waals surface area contributed by atoms with Gasteiger partial charge in [-0.15, -0.1) is 11.3 Å². The van der Waals surface area contributed by atoms with Gasteiger partial charge in [0, 0.05) is 39.1 Å². The van der Waals surface area contributed by atoms with Crippen molar-refractivity contribution in [3.8, 4) is 38.8 Å². The Hall–Kier alpha value is -2.34. The van der Waals surface area contributed by atoms with Crippen molar-refractivity contribution in [2.45, 2.75) is 13.0 Å². The Balaban J connectivity index is 1.69. The van der Waals surface area contributed by atoms with E-state index in [1.165, 1.54) is 0 Å². The van der Waals surface area contributed by atoms with Crippen LogP contribution in [0, 0.1) is 0 Å². The number of nitrogens with zero attached hydrogens (tertiary/aromatic N) is 1. The fourth-order valence-electron chi connectivity index (χ4n) is 3.25. The van der Waals surface area contributed by atoms with Gasteiger partial charge in [0.1, 0.15) is 17.2 Å². The number of hydrogen-bond donors (Lipinski definition) is 1. The van der Waals surface area contributed by atoms with Gasteiger partial charge in [-0.3, -0.25) is 0 Å². The van der Waals surface area contributed by atoms with Gasteiger partial charge in [-0.25, -0.2) is 0 Å². The molecular weight excluding hydrogens is 358 g/mol. The maximum Gasteiger partial charge on any atom is 0.139 e. The van der Waals surface area contributed by atoms with Gasteiger partial charge >= 0.3 is 0 Å². The lowest BCUT2D eigenvalue weighted by Gasteiger charge is -2.13. The lowest BCUT2D eigenvalue weighted by atomic mass is 10.0. The van der Waals surface area contributed by atoms with E-state index in [2.05, 4.69) is 37.2 Å². The third-order valence-corrected chi connectivity index (χ3v) is 5.71. The van der Waals surface area contributed by atoms with Crippen molar-refractivity contribution in [1.29, 1.82) is 0 Å². The second-order valence-corrected chi connectivity index (χ2v) is 8.01. The van der Waals surface area contributed by atoms with Crippen LogP contribution < -0.4 is 9.47 Å². The topological polar surface area (TPSA) is 41.9 Å². The highest BCUT2D eigenvalue weighted by molar-refractivity contribution is 7.16. The average Bonchev–Trinajstić information content (AvgIpc) is 3.05. The van der Waals surface area contributed by atoms with Crippen LogP contribution in [-0.2, 0) is 6.61 Å². The molecule has 0 unspecified atom stereocenters. The molecule has 2 aromatic carbocycles. The molecule has 4 nitrogen and oxygen atoms in total. The van der Waals surface area contributed by atoms with Crippen molar-refractivity contribution >= 4 is 11.3 Å². The van der Waals surface area contributed by atoms with E-state index in [0.29, 0.717) is 6.61 Å². The van der Waals surface area contributed by atoms with Crippen molar-refractivity contribution in [1.82, 2.24) is 4.90 Å². The number of aliphatic hydroxyl groups excluding tert-OH is 1. The molecule has 0 saturated carbocycles. The van der Waals surface area contributed by atoms with Gasteiger partial charge in [0.25, 0.3) is 0 Å². The third kappa shape index (κ3) is 3.72. The fourth-order valence-corrected chi connectivity index (χ4v) is 4.31. The molecular formula is C22H23NO3S. The lowest BCUT2D eigenvalue weighted by Crippen LogP contribution is -2.15. The number of benzene rings is 2. The summed E-state index contributed by atoms with van der Waals surface area (Å²) in [6, 6.07) is 16.1. The molecule has 1 aliphatic rings. The summed E-state index contributed by atoms with van der Waals surface area (Å²) in [4.78, 5) is 4.22. The number of thiophene rings is 1. The molecule has 0 aliphatic carbocycles. The van der Waals surface area contributed by atoms with Crippen LogP contribution in [0.15, 0.2) is 48.5 Å². The van der Waals surface area contributed by atoms with Crippen LogP contribution in [0.3, 0.4) is 0 Å². The molecule has 1 aliphatic heterocycles. The van der Waals surface area contributed by atoms with Crippen LogP contribution >= 0.6 is 11.3 Å². The molecule has 4 rings (SSSR count). The molecule has 0 spiro atoms. The smallest absolute Gasteiger partial charge is 0.139 e. The second kappa shape index (κ2) is 7.72. The van der Waals surface area contributed by atoms with Gasteiger partial charge in [-0.05, 0) is 44.8 Å². The van der Waals surface area contributed by atoms with Gasteiger partial charge in [0.15, 0.2) is 0 Å². The van der Waals surface area contributed by atoms with Crippen LogP contribution in [0.1, 0.15) is 11.3 Å². The Morgan fingerprint density at radius 1 is 1.00 bits per heavy atom. The zero-order valence-electron chi connectivity index (χ0n) is 15.6. The molecule has 0 fully saturated rings. The average molecular weight is 381 g/mol. The predicted molar refractivity (Wildman–Crippen MR) is 110 cm³/mol. The third-order valence-electron chi connectivity index (χ3n) is 4.55. The minimum atomic E-state index is 0.0447. The molecule has 0 amide bonds. The number of fused-ring (bicyclic) bond motifs is 5. The molecule has 3 aromatic rings. The summed E-state index contributed by atoms with van der Waals surface area (Å²) in [7, 11) is 4.12. The van der Waals surface area contributed by atoms with E-state index in [1.54, 1.807) is 11.3 Å². The normalized spacial score (nSPS) is 12.0. The first-order valence-electron chi connectivity index (χ1n) is 9.08. The molecule has 0 radical (unpaired) electrons. The molecule has 0 saturated heterocycles. The standard InChI is InChI=1S/C22H23NO3S/c1-23(2)10-5-11-25-15-8-9-18-21(12-15)26-20-7-4-3-6-17(20)19-13-16(14-24)27-22(18)19/h3-4,6-9,12-13,24H,5,10-11,14H2,1-2H3. The Kier molecular flexibility index (Phi) is 5.16. The maximum atomic E-state index is 9.61. The monoisotopic (exact) mass is 381 g/mol. The fraction of sp³-hybridized carbons (Fsp3) is 0.273. The minimum Gasteiger partial charge on any atom is -0.493 e. The number of rotatable bonds is 6. The molecule has 5 heteroatoms. The first kappa shape index (κ1) is 18.0. The summed E-state index contributed by atoms with van der Waals surface area (Å²) in [6.07, 6.45) is 0.975. The van der Waals surface area contributed by atoms with Gasteiger partial charge in [0.2, 0.25) is 0 Å². The van der Waals surface area contributed by atoms with E-state index < -0.39 is 0 Å². The van der Waals surface area contributed by atoms with Crippen molar-refractivity contribution in [2.24, 2.45) is 0 Å². The van der Waals surface area contributed by atoms with Gasteiger partial charge in [-0.2, -0.15) is 0 Å². The first-order chi connectivity index (χ1) is 13.2. The van der Waals surface area contributed by atoms with E-state index in [1.807, 2.05) is 30.3 Å². The van der Waals surface area contributed by atoms with Crippen LogP contribution in [0.4, 0.5) is 0 Å². The number of aliphatic hydroxyl groups is 1. The zero-order valence-corrected chi connectivity index (χ0v) is 16.4. The van der Waals surface area contributed by atoms with E-state index >= 15 is 0 Å². The van der Waals surface area contributed by atoms with E-state index in [0.717, 1.165) is 56.7 Å². The molecule has 2 heterocycles. The van der Waals surface area contributed by atoms with E-state index in [4.69, 9.17) is 9.47 Å². The summed E-state index contributed by atoms with van der Waals surface area (Å²) < 4.78 is 12.2. The van der Waals surface area contributed by atoms with Crippen LogP contribution in [0.5, 0.6) is 17.2 Å². The molecule has 0 bridgehead atoms. The van der Waals surface area contributed by atoms with Crippen molar-refractivity contribution in [2.75, 3.05) is 27.2 Å². The molecule has 1 aromatic heterocycles. The van der Waals surface area contributed by atoms with Crippen molar-refractivity contribution < 1.29 is 14.6 Å². The Morgan fingerprint density at radius 3 is 2.67 bits per heavy atom. The van der Waals surface area contributed by atoms with Crippen LogP contribution in [0.25, 0.3) is 21.6 Å². The van der Waals surface area contributed by atoms with Crippen LogP contribution in [0.2, 0.25) is 0 Å². The number of para-hydroxylation sites is 1. The number of hydrogen-bond acceptors (Lipinski definition) is 5. The minimum absolute atomic E-state index is 0.0447. The summed E-state index contributed by atoms with van der Waals surface area (Å²) >= 11 is 1.61. The zero-order chi connectivity index (χ0) is 18.8. The lowest BCUT2D eigenvalue weighted by molar-refractivity contribution is 0.281. The SMILES string of the molecule is CN(C)CCCOc1ccc2c(c1)Oc1ccccc1-c1cc(CO)sc1-2. The summed E-state index contributed by atoms with van der Waals surface area (Å²) in [6.45, 7) is 1.72. The molecule has 140 valence electrons. The highest BCUT2D eigenvalue weighted by Crippen LogP contribution is 2.50. The Morgan fingerprint density at radius 2 is 1.85 bits per heavy atom. The van der Waals surface area contributed by atoms with Crippen molar-refractivity contribution in [3.63, 3.8) is 0 Å². The maximum absolute atomic E-state index is 9.61. The van der Waals surface area contributed by atoms with Gasteiger partial charge < -0.3 is 19.5 Å². The number of ether oxygens (including phenoxy) is 2.